The smallest absolute Gasteiger partial charge is 0.332 e. The summed E-state index contributed by atoms with van der Waals surface area (Å²) >= 11 is 10.7. The highest BCUT2D eigenvalue weighted by Gasteiger charge is 2.17. The lowest BCUT2D eigenvalue weighted by Gasteiger charge is -2.12. The van der Waals surface area contributed by atoms with Crippen LogP contribution in [0.2, 0.25) is 5.02 Å². The Kier molecular flexibility index (Phi) is 4.82. The fourth-order valence-corrected chi connectivity index (χ4v) is 4.42. The second-order valence-corrected chi connectivity index (χ2v) is 8.50. The number of halogens is 2. The number of carbonyl (C=O) groups is 1. The highest BCUT2D eigenvalue weighted by molar-refractivity contribution is 9.10. The van der Waals surface area contributed by atoms with E-state index in [1.54, 1.807) is 0 Å². The summed E-state index contributed by atoms with van der Waals surface area (Å²) in [5, 5.41) is 10.3. The molecule has 0 fully saturated rings. The Bertz CT molecular complexity index is 1380. The Morgan fingerprint density at radius 1 is 1.18 bits per heavy atom. The van der Waals surface area contributed by atoms with Crippen LogP contribution in [0.3, 0.4) is 0 Å². The first-order chi connectivity index (χ1) is 13.3. The molecule has 0 amide bonds. The third-order valence-corrected chi connectivity index (χ3v) is 5.92. The van der Waals surface area contributed by atoms with Gasteiger partial charge in [0.2, 0.25) is 0 Å². The quantitative estimate of drug-likeness (QED) is 0.483. The van der Waals surface area contributed by atoms with Gasteiger partial charge < -0.3 is 5.11 Å². The van der Waals surface area contributed by atoms with Gasteiger partial charge in [-0.3, -0.25) is 18.7 Å². The Hall–Kier alpha value is -2.49. The van der Waals surface area contributed by atoms with Gasteiger partial charge in [0.05, 0.1) is 27.7 Å². The van der Waals surface area contributed by atoms with Crippen LogP contribution in [0.5, 0.6) is 0 Å². The summed E-state index contributed by atoms with van der Waals surface area (Å²) in [6.07, 6.45) is 0. The van der Waals surface area contributed by atoms with Crippen molar-refractivity contribution in [3.8, 4) is 0 Å². The molecule has 0 saturated carbocycles. The molecule has 0 saturated heterocycles. The molecule has 0 aliphatic rings. The van der Waals surface area contributed by atoms with Gasteiger partial charge in [0.25, 0.3) is 5.56 Å². The second-order valence-electron chi connectivity index (χ2n) is 6.03. The summed E-state index contributed by atoms with van der Waals surface area (Å²) in [4.78, 5) is 41.6. The fourth-order valence-electron chi connectivity index (χ4n) is 2.97. The number of rotatable bonds is 4. The molecule has 4 rings (SSSR count). The molecule has 2 aromatic heterocycles. The van der Waals surface area contributed by atoms with Crippen LogP contribution in [-0.2, 0) is 17.9 Å². The van der Waals surface area contributed by atoms with Gasteiger partial charge in [-0.15, -0.1) is 11.3 Å². The normalized spacial score (nSPS) is 11.4. The zero-order valence-electron chi connectivity index (χ0n) is 14.1. The zero-order valence-corrected chi connectivity index (χ0v) is 17.2. The Balaban J connectivity index is 1.92. The number of nitrogens with zero attached hydrogens (tertiary/aromatic N) is 3. The number of aromatic nitrogens is 3. The molecule has 0 spiro atoms. The number of fused-ring (bicyclic) bond motifs is 2. The van der Waals surface area contributed by atoms with Crippen molar-refractivity contribution in [3.05, 3.63) is 71.7 Å². The highest BCUT2D eigenvalue weighted by atomic mass is 79.9. The van der Waals surface area contributed by atoms with Crippen LogP contribution in [-0.4, -0.2) is 25.2 Å². The fraction of sp³-hybridized carbons (Fsp3) is 0.111. The van der Waals surface area contributed by atoms with Gasteiger partial charge in [-0.25, -0.2) is 9.78 Å². The van der Waals surface area contributed by atoms with Gasteiger partial charge in [-0.2, -0.15) is 0 Å². The molecule has 0 aliphatic carbocycles. The summed E-state index contributed by atoms with van der Waals surface area (Å²) in [5.41, 5.74) is -0.295. The summed E-state index contributed by atoms with van der Waals surface area (Å²) < 4.78 is 3.84. The van der Waals surface area contributed by atoms with Gasteiger partial charge in [-0.1, -0.05) is 27.5 Å². The van der Waals surface area contributed by atoms with E-state index < -0.39 is 23.8 Å². The molecule has 0 radical (unpaired) electrons. The largest absolute Gasteiger partial charge is 0.480 e. The number of hydrogen-bond acceptors (Lipinski definition) is 5. The van der Waals surface area contributed by atoms with Crippen molar-refractivity contribution >= 4 is 66.0 Å². The van der Waals surface area contributed by atoms with E-state index in [2.05, 4.69) is 20.9 Å². The van der Waals surface area contributed by atoms with Gasteiger partial charge in [0, 0.05) is 9.50 Å². The molecular weight excluding hydrogens is 470 g/mol. The molecule has 28 heavy (non-hydrogen) atoms. The number of hydrogen-bond donors (Lipinski definition) is 1. The minimum Gasteiger partial charge on any atom is -0.480 e. The van der Waals surface area contributed by atoms with E-state index in [-0.39, 0.29) is 17.4 Å². The number of aliphatic carboxylic acids is 1. The zero-order chi connectivity index (χ0) is 20.0. The lowest BCUT2D eigenvalue weighted by atomic mass is 10.2. The summed E-state index contributed by atoms with van der Waals surface area (Å²) in [6, 6.07) is 10.1. The topological polar surface area (TPSA) is 94.2 Å². The van der Waals surface area contributed by atoms with E-state index in [0.717, 1.165) is 23.8 Å². The first-order valence-corrected chi connectivity index (χ1v) is 10.0. The van der Waals surface area contributed by atoms with Crippen LogP contribution in [0.1, 0.15) is 5.01 Å². The van der Waals surface area contributed by atoms with Crippen molar-refractivity contribution in [1.82, 2.24) is 14.1 Å². The second kappa shape index (κ2) is 7.16. The molecule has 0 atom stereocenters. The number of benzene rings is 2. The Morgan fingerprint density at radius 3 is 2.71 bits per heavy atom. The van der Waals surface area contributed by atoms with Crippen LogP contribution < -0.4 is 11.2 Å². The van der Waals surface area contributed by atoms with Gasteiger partial charge in [0.15, 0.2) is 0 Å². The van der Waals surface area contributed by atoms with Gasteiger partial charge in [-0.05, 0) is 36.4 Å². The lowest BCUT2D eigenvalue weighted by Crippen LogP contribution is -2.41. The third kappa shape index (κ3) is 3.36. The SMILES string of the molecule is O=C(O)Cn1c(=O)n(Cc2nc3cc(Br)ccc3s2)c(=O)c2ccc(Cl)cc21. The Morgan fingerprint density at radius 2 is 1.96 bits per heavy atom. The number of carboxylic acid groups (broad SMARTS) is 1. The van der Waals surface area contributed by atoms with E-state index in [1.807, 2.05) is 18.2 Å². The minimum absolute atomic E-state index is 0.0488. The molecular formula is C18H11BrClN3O4S. The summed E-state index contributed by atoms with van der Waals surface area (Å²) in [5.74, 6) is -1.20. The van der Waals surface area contributed by atoms with E-state index in [0.29, 0.717) is 10.0 Å². The number of carboxylic acids is 1. The van der Waals surface area contributed by atoms with E-state index in [9.17, 15) is 19.5 Å². The first kappa shape index (κ1) is 18.9. The standard InChI is InChI=1S/C18H11BrClN3O4S/c19-9-1-4-14-12(5-9)21-15(28-14)7-23-17(26)11-3-2-10(20)6-13(11)22(18(23)27)8-16(24)25/h1-6H,7-8H2,(H,24,25). The molecule has 2 aromatic carbocycles. The molecule has 0 bridgehead atoms. The maximum absolute atomic E-state index is 12.9. The van der Waals surface area contributed by atoms with E-state index in [1.165, 1.54) is 29.5 Å². The molecule has 142 valence electrons. The molecule has 1 N–H and O–H groups in total. The predicted octanol–water partition coefficient (Wildman–Crippen LogP) is 3.32. The predicted molar refractivity (Wildman–Crippen MR) is 112 cm³/mol. The lowest BCUT2D eigenvalue weighted by molar-refractivity contribution is -0.137. The molecule has 4 aromatic rings. The average molecular weight is 481 g/mol. The molecule has 0 unspecified atom stereocenters. The summed E-state index contributed by atoms with van der Waals surface area (Å²) in [6.45, 7) is -0.629. The molecule has 0 aliphatic heterocycles. The maximum atomic E-state index is 12.9. The van der Waals surface area contributed by atoms with Crippen molar-refractivity contribution in [3.63, 3.8) is 0 Å². The van der Waals surface area contributed by atoms with Crippen molar-refractivity contribution in [2.24, 2.45) is 0 Å². The number of thiazole rings is 1. The van der Waals surface area contributed by atoms with Crippen LogP contribution in [0.15, 0.2) is 50.5 Å². The van der Waals surface area contributed by atoms with Crippen molar-refractivity contribution < 1.29 is 9.90 Å². The maximum Gasteiger partial charge on any atom is 0.332 e. The monoisotopic (exact) mass is 479 g/mol. The van der Waals surface area contributed by atoms with E-state index >= 15 is 0 Å². The molecule has 2 heterocycles. The Labute approximate surface area is 174 Å². The van der Waals surface area contributed by atoms with Crippen LogP contribution >= 0.6 is 38.9 Å². The van der Waals surface area contributed by atoms with Crippen LogP contribution in [0.25, 0.3) is 21.1 Å². The third-order valence-electron chi connectivity index (χ3n) is 4.17. The highest BCUT2D eigenvalue weighted by Crippen LogP contribution is 2.25. The van der Waals surface area contributed by atoms with Crippen LogP contribution in [0, 0.1) is 0 Å². The van der Waals surface area contributed by atoms with Gasteiger partial charge >= 0.3 is 11.7 Å². The molecule has 10 heteroatoms. The van der Waals surface area contributed by atoms with Crippen molar-refractivity contribution in [2.45, 2.75) is 13.1 Å². The average Bonchev–Trinajstić information content (AvgIpc) is 3.03. The van der Waals surface area contributed by atoms with Crippen molar-refractivity contribution in [1.29, 1.82) is 0 Å². The van der Waals surface area contributed by atoms with Crippen LogP contribution in [0.4, 0.5) is 0 Å². The van der Waals surface area contributed by atoms with Gasteiger partial charge in [0.1, 0.15) is 11.6 Å². The molecule has 7 nitrogen and oxygen atoms in total. The minimum atomic E-state index is -1.20. The summed E-state index contributed by atoms with van der Waals surface area (Å²) in [7, 11) is 0. The van der Waals surface area contributed by atoms with Crippen molar-refractivity contribution in [2.75, 3.05) is 0 Å². The first-order valence-electron chi connectivity index (χ1n) is 8.03. The van der Waals surface area contributed by atoms with E-state index in [4.69, 9.17) is 11.6 Å².